The summed E-state index contributed by atoms with van der Waals surface area (Å²) in [6.45, 7) is 14.3. The number of ether oxygens (including phenoxy) is 1. The van der Waals surface area contributed by atoms with Crippen LogP contribution in [0.3, 0.4) is 0 Å². The molecule has 3 aliphatic heterocycles. The standard InChI is InChI=1S/C42H45F3N8O5S/c1-6-27-20-32(53-40(59)52(39(57)41(53,4)5)31-11-10-28(23-46)33(22-31)42(43,44)45)12-14-35(27)58-19-18-50-16-17-51(25(2)24-50)26(3)37(55)48-30-9-7-8-29(21-30)47-34-13-15-36(54)49-38(34)56/h7-12,14,20-22,25,34,47H,3,6,13,15-19,24H2,1-2,4-5H3,(H,48,55)(H,49,54,56)/t25-,34+/m1/s1. The monoisotopic (exact) mass is 830 g/mol. The highest BCUT2D eigenvalue weighted by molar-refractivity contribution is 7.81. The van der Waals surface area contributed by atoms with Crippen LogP contribution in [0.2, 0.25) is 0 Å². The number of hydrogen-bond acceptors (Lipinski definition) is 10. The molecule has 3 aromatic rings. The normalized spacial score (nSPS) is 19.7. The van der Waals surface area contributed by atoms with Gasteiger partial charge in [0.25, 0.3) is 11.8 Å². The van der Waals surface area contributed by atoms with Gasteiger partial charge in [-0.05, 0) is 106 Å². The summed E-state index contributed by atoms with van der Waals surface area (Å²) >= 11 is 5.71. The van der Waals surface area contributed by atoms with Crippen LogP contribution in [0, 0.1) is 11.3 Å². The third-order valence-corrected chi connectivity index (χ3v) is 11.1. The molecule has 0 saturated carbocycles. The molecule has 0 aromatic heterocycles. The van der Waals surface area contributed by atoms with Crippen molar-refractivity contribution in [1.29, 1.82) is 5.26 Å². The fraction of sp³-hybridized carbons (Fsp3) is 0.381. The van der Waals surface area contributed by atoms with Crippen molar-refractivity contribution in [2.45, 2.75) is 70.8 Å². The molecule has 6 rings (SSSR count). The summed E-state index contributed by atoms with van der Waals surface area (Å²) in [5.41, 5.74) is -0.0869. The van der Waals surface area contributed by atoms with Crippen LogP contribution in [-0.4, -0.2) is 88.9 Å². The van der Waals surface area contributed by atoms with E-state index >= 15 is 0 Å². The highest BCUT2D eigenvalue weighted by Gasteiger charge is 2.51. The van der Waals surface area contributed by atoms with Crippen molar-refractivity contribution in [1.82, 2.24) is 15.1 Å². The molecule has 3 heterocycles. The molecule has 0 unspecified atom stereocenters. The summed E-state index contributed by atoms with van der Waals surface area (Å²) in [6.07, 6.45) is -3.58. The largest absolute Gasteiger partial charge is 0.492 e. The lowest BCUT2D eigenvalue weighted by atomic mass is 10.0. The van der Waals surface area contributed by atoms with Gasteiger partial charge in [-0.2, -0.15) is 18.4 Å². The van der Waals surface area contributed by atoms with E-state index in [0.717, 1.165) is 22.6 Å². The summed E-state index contributed by atoms with van der Waals surface area (Å²) in [7, 11) is 0. The van der Waals surface area contributed by atoms with E-state index in [1.807, 2.05) is 24.8 Å². The molecule has 3 aliphatic rings. The van der Waals surface area contributed by atoms with Gasteiger partial charge < -0.3 is 25.2 Å². The number of nitriles is 1. The molecule has 13 nitrogen and oxygen atoms in total. The fourth-order valence-electron chi connectivity index (χ4n) is 7.56. The van der Waals surface area contributed by atoms with Gasteiger partial charge in [0.2, 0.25) is 11.8 Å². The summed E-state index contributed by atoms with van der Waals surface area (Å²) in [4.78, 5) is 57.5. The van der Waals surface area contributed by atoms with Crippen molar-refractivity contribution in [2.24, 2.45) is 0 Å². The van der Waals surface area contributed by atoms with E-state index < -0.39 is 34.8 Å². The number of nitrogens with one attached hydrogen (secondary N) is 3. The molecule has 0 aliphatic carbocycles. The second-order valence-electron chi connectivity index (χ2n) is 15.1. The lowest BCUT2D eigenvalue weighted by molar-refractivity contribution is -0.138. The van der Waals surface area contributed by atoms with Crippen molar-refractivity contribution in [3.05, 3.63) is 89.6 Å². The van der Waals surface area contributed by atoms with Gasteiger partial charge in [0.15, 0.2) is 5.11 Å². The number of rotatable bonds is 12. The van der Waals surface area contributed by atoms with E-state index in [-0.39, 0.29) is 41.0 Å². The Kier molecular flexibility index (Phi) is 12.3. The minimum atomic E-state index is -4.80. The number of thiocarbonyl (C=S) groups is 1. The van der Waals surface area contributed by atoms with Crippen LogP contribution in [0.4, 0.5) is 35.9 Å². The number of carbonyl (C=O) groups excluding carboxylic acids is 4. The van der Waals surface area contributed by atoms with Gasteiger partial charge >= 0.3 is 6.18 Å². The van der Waals surface area contributed by atoms with Crippen LogP contribution < -0.4 is 30.5 Å². The molecular weight excluding hydrogens is 786 g/mol. The summed E-state index contributed by atoms with van der Waals surface area (Å²) in [5, 5.41) is 17.6. The Bertz CT molecular complexity index is 2240. The number of piperazine rings is 1. The topological polar surface area (TPSA) is 150 Å². The quantitative estimate of drug-likeness (QED) is 0.115. The van der Waals surface area contributed by atoms with Gasteiger partial charge in [-0.1, -0.05) is 19.6 Å². The maximum absolute atomic E-state index is 13.8. The van der Waals surface area contributed by atoms with Crippen molar-refractivity contribution in [3.8, 4) is 11.8 Å². The van der Waals surface area contributed by atoms with Gasteiger partial charge in [-0.3, -0.25) is 34.3 Å². The van der Waals surface area contributed by atoms with E-state index in [4.69, 9.17) is 17.0 Å². The lowest BCUT2D eigenvalue weighted by Gasteiger charge is -2.41. The number of benzene rings is 3. The third kappa shape index (κ3) is 9.03. The molecule has 0 radical (unpaired) electrons. The van der Waals surface area contributed by atoms with E-state index in [2.05, 4.69) is 27.4 Å². The Morgan fingerprint density at radius 1 is 1.07 bits per heavy atom. The minimum absolute atomic E-state index is 0.00974. The van der Waals surface area contributed by atoms with Crippen LogP contribution in [0.25, 0.3) is 0 Å². The van der Waals surface area contributed by atoms with Gasteiger partial charge in [-0.15, -0.1) is 0 Å². The van der Waals surface area contributed by atoms with E-state index in [1.165, 1.54) is 6.07 Å². The first-order chi connectivity index (χ1) is 27.9. The molecule has 310 valence electrons. The zero-order valence-corrected chi connectivity index (χ0v) is 33.9. The van der Waals surface area contributed by atoms with Gasteiger partial charge in [0, 0.05) is 55.7 Å². The number of hydrogen-bond donors (Lipinski definition) is 3. The predicted octanol–water partition coefficient (Wildman–Crippen LogP) is 5.81. The number of halogens is 3. The molecular formula is C42H45F3N8O5S. The molecule has 4 amide bonds. The Morgan fingerprint density at radius 2 is 1.80 bits per heavy atom. The fourth-order valence-corrected chi connectivity index (χ4v) is 8.08. The van der Waals surface area contributed by atoms with Crippen molar-refractivity contribution >= 4 is 63.7 Å². The lowest BCUT2D eigenvalue weighted by Crippen LogP contribution is -2.53. The first kappa shape index (κ1) is 42.6. The van der Waals surface area contributed by atoms with Gasteiger partial charge in [-0.25, -0.2) is 0 Å². The van der Waals surface area contributed by atoms with E-state index in [0.29, 0.717) is 74.1 Å². The van der Waals surface area contributed by atoms with Crippen LogP contribution >= 0.6 is 12.2 Å². The van der Waals surface area contributed by atoms with Crippen LogP contribution in [0.15, 0.2) is 72.9 Å². The van der Waals surface area contributed by atoms with E-state index in [9.17, 15) is 37.6 Å². The van der Waals surface area contributed by atoms with Crippen LogP contribution in [-0.2, 0) is 31.8 Å². The van der Waals surface area contributed by atoms with Gasteiger partial charge in [0.1, 0.15) is 23.9 Å². The molecule has 0 bridgehead atoms. The third-order valence-electron chi connectivity index (χ3n) is 10.7. The molecule has 17 heteroatoms. The second kappa shape index (κ2) is 17.1. The first-order valence-electron chi connectivity index (χ1n) is 19.2. The molecule has 0 spiro atoms. The van der Waals surface area contributed by atoms with Crippen LogP contribution in [0.1, 0.15) is 57.2 Å². The van der Waals surface area contributed by atoms with E-state index in [1.54, 1.807) is 61.2 Å². The second-order valence-corrected chi connectivity index (χ2v) is 15.5. The zero-order chi connectivity index (χ0) is 42.8. The molecule has 2 atom stereocenters. The number of piperidine rings is 1. The maximum atomic E-state index is 13.8. The Balaban J connectivity index is 1.03. The first-order valence-corrected chi connectivity index (χ1v) is 19.6. The van der Waals surface area contributed by atoms with Crippen molar-refractivity contribution < 1.29 is 37.1 Å². The highest BCUT2D eigenvalue weighted by atomic mass is 32.1. The number of anilines is 4. The molecule has 3 N–H and O–H groups in total. The number of amides is 4. The number of nitrogens with zero attached hydrogens (tertiary/aromatic N) is 5. The summed E-state index contributed by atoms with van der Waals surface area (Å²) in [6, 6.07) is 16.5. The SMILES string of the molecule is C=C(C(=O)Nc1cccc(N[C@H]2CCC(=O)NC2=O)c1)N1CCN(CCOc2ccc(N3C(=S)N(c4ccc(C#N)c(C(F)(F)F)c4)C(=O)C3(C)C)cc2CC)C[C@H]1C. The maximum Gasteiger partial charge on any atom is 0.417 e. The summed E-state index contributed by atoms with van der Waals surface area (Å²) in [5.74, 6) is -0.884. The average Bonchev–Trinajstić information content (AvgIpc) is 3.37. The molecule has 3 aromatic carbocycles. The predicted molar refractivity (Wildman–Crippen MR) is 221 cm³/mol. The molecule has 59 heavy (non-hydrogen) atoms. The zero-order valence-electron chi connectivity index (χ0n) is 33.1. The number of imide groups is 1. The molecule has 3 fully saturated rings. The Hall–Kier alpha value is -5.99. The number of alkyl halides is 3. The summed E-state index contributed by atoms with van der Waals surface area (Å²) < 4.78 is 47.6. The highest BCUT2D eigenvalue weighted by Crippen LogP contribution is 2.40. The van der Waals surface area contributed by atoms with Crippen molar-refractivity contribution in [2.75, 3.05) is 53.2 Å². The van der Waals surface area contributed by atoms with Gasteiger partial charge in [0.05, 0.1) is 28.6 Å². The van der Waals surface area contributed by atoms with Crippen LogP contribution in [0.5, 0.6) is 5.75 Å². The average molecular weight is 831 g/mol. The molecule has 3 saturated heterocycles. The Morgan fingerprint density at radius 3 is 2.47 bits per heavy atom. The smallest absolute Gasteiger partial charge is 0.417 e. The Labute approximate surface area is 345 Å². The minimum Gasteiger partial charge on any atom is -0.492 e. The number of aryl methyl sites for hydroxylation is 1. The number of carbonyl (C=O) groups is 4. The van der Waals surface area contributed by atoms with Crippen molar-refractivity contribution in [3.63, 3.8) is 0 Å².